The number of hydrogen-bond donors (Lipinski definition) is 2. The smallest absolute Gasteiger partial charge is 0.250 e. The van der Waals surface area contributed by atoms with Crippen LogP contribution in [0.3, 0.4) is 0 Å². The van der Waals surface area contributed by atoms with Crippen molar-refractivity contribution in [3.63, 3.8) is 0 Å². The zero-order chi connectivity index (χ0) is 19.2. The second-order valence-electron chi connectivity index (χ2n) is 6.22. The Hall–Kier alpha value is -1.70. The van der Waals surface area contributed by atoms with Gasteiger partial charge in [0, 0.05) is 17.8 Å². The number of hydrogen-bond acceptors (Lipinski definition) is 4. The fourth-order valence-electron chi connectivity index (χ4n) is 2.89. The van der Waals surface area contributed by atoms with Crippen molar-refractivity contribution >= 4 is 27.3 Å². The molecule has 2 rings (SSSR count). The Morgan fingerprint density at radius 3 is 2.31 bits per heavy atom. The summed E-state index contributed by atoms with van der Waals surface area (Å²) in [4.78, 5) is 11.8. The Morgan fingerprint density at radius 1 is 1.08 bits per heavy atom. The van der Waals surface area contributed by atoms with Gasteiger partial charge in [0.25, 0.3) is 10.0 Å². The van der Waals surface area contributed by atoms with Crippen molar-refractivity contribution < 1.29 is 13.2 Å². The number of benzene rings is 1. The van der Waals surface area contributed by atoms with Crippen molar-refractivity contribution in [2.75, 3.05) is 0 Å². The lowest BCUT2D eigenvalue weighted by Gasteiger charge is -2.26. The molecular weight excluding hydrogens is 368 g/mol. The van der Waals surface area contributed by atoms with Gasteiger partial charge in [0.15, 0.2) is 0 Å². The van der Waals surface area contributed by atoms with Crippen LogP contribution in [0.2, 0.25) is 0 Å². The van der Waals surface area contributed by atoms with Crippen LogP contribution in [0, 0.1) is 5.92 Å². The first-order valence-electron chi connectivity index (χ1n) is 8.77. The molecule has 2 N–H and O–H groups in total. The van der Waals surface area contributed by atoms with E-state index < -0.39 is 10.0 Å². The number of amides is 1. The molecule has 0 spiro atoms. The van der Waals surface area contributed by atoms with Gasteiger partial charge in [0.1, 0.15) is 4.21 Å². The van der Waals surface area contributed by atoms with Crippen molar-refractivity contribution in [1.29, 1.82) is 0 Å². The lowest BCUT2D eigenvalue weighted by Crippen LogP contribution is -2.33. The maximum atomic E-state index is 12.9. The van der Waals surface area contributed by atoms with Gasteiger partial charge in [-0.25, -0.2) is 13.1 Å². The van der Waals surface area contributed by atoms with Crippen molar-refractivity contribution in [2.24, 2.45) is 5.92 Å². The maximum absolute atomic E-state index is 12.9. The first kappa shape index (κ1) is 20.6. The van der Waals surface area contributed by atoms with Gasteiger partial charge in [-0.05, 0) is 23.6 Å². The van der Waals surface area contributed by atoms with E-state index >= 15 is 0 Å². The number of carbonyl (C=O) groups is 1. The molecule has 0 fully saturated rings. The quantitative estimate of drug-likeness (QED) is 0.678. The van der Waals surface area contributed by atoms with Gasteiger partial charge in [0.05, 0.1) is 6.54 Å². The van der Waals surface area contributed by atoms with Crippen LogP contribution in [-0.2, 0) is 21.4 Å². The van der Waals surface area contributed by atoms with Gasteiger partial charge in [-0.3, -0.25) is 4.79 Å². The largest absolute Gasteiger partial charge is 0.351 e. The number of sulfonamides is 1. The number of rotatable bonds is 9. The Bertz CT molecular complexity index is 812. The molecule has 1 aromatic carbocycles. The van der Waals surface area contributed by atoms with Crippen molar-refractivity contribution in [3.8, 4) is 0 Å². The van der Waals surface area contributed by atoms with Crippen LogP contribution in [0.1, 0.15) is 50.1 Å². The van der Waals surface area contributed by atoms with E-state index in [1.807, 2.05) is 30.3 Å². The Morgan fingerprint density at radius 2 is 1.73 bits per heavy atom. The summed E-state index contributed by atoms with van der Waals surface area (Å²) < 4.78 is 29.0. The molecule has 0 bridgehead atoms. The third kappa shape index (κ3) is 5.40. The highest BCUT2D eigenvalue weighted by Crippen LogP contribution is 2.30. The predicted molar refractivity (Wildman–Crippen MR) is 105 cm³/mol. The van der Waals surface area contributed by atoms with Crippen molar-refractivity contribution in [1.82, 2.24) is 10.0 Å². The number of nitrogens with one attached hydrogen (secondary N) is 2. The Kier molecular flexibility index (Phi) is 7.37. The molecule has 1 unspecified atom stereocenters. The summed E-state index contributed by atoms with van der Waals surface area (Å²) >= 11 is 1.18. The van der Waals surface area contributed by atoms with E-state index in [-0.39, 0.29) is 22.1 Å². The van der Waals surface area contributed by atoms with E-state index in [2.05, 4.69) is 23.9 Å². The van der Waals surface area contributed by atoms with Gasteiger partial charge in [-0.1, -0.05) is 57.0 Å². The summed E-state index contributed by atoms with van der Waals surface area (Å²) in [5.41, 5.74) is 0.972. The fourth-order valence-corrected chi connectivity index (χ4v) is 5.50. The fraction of sp³-hybridized carbons (Fsp3) is 0.421. The van der Waals surface area contributed by atoms with E-state index in [0.29, 0.717) is 6.54 Å². The second-order valence-corrected chi connectivity index (χ2v) is 9.33. The zero-order valence-electron chi connectivity index (χ0n) is 15.4. The standard InChI is InChI=1S/C19H26N2O3S2/c1-4-15(5-2)19(16-9-7-6-8-10-16)21-26(23,24)18-12-11-17(25-18)13-20-14(3)22/h6-12,15,19,21H,4-5,13H2,1-3H3,(H,20,22). The van der Waals surface area contributed by atoms with Crippen LogP contribution in [0.4, 0.5) is 0 Å². The minimum absolute atomic E-state index is 0.140. The molecule has 0 aliphatic carbocycles. The van der Waals surface area contributed by atoms with Crippen LogP contribution in [0.5, 0.6) is 0 Å². The Labute approximate surface area is 159 Å². The maximum Gasteiger partial charge on any atom is 0.250 e. The van der Waals surface area contributed by atoms with E-state index in [1.54, 1.807) is 12.1 Å². The zero-order valence-corrected chi connectivity index (χ0v) is 17.0. The molecule has 0 saturated carbocycles. The average molecular weight is 395 g/mol. The van der Waals surface area contributed by atoms with Crippen LogP contribution in [-0.4, -0.2) is 14.3 Å². The van der Waals surface area contributed by atoms with Crippen molar-refractivity contribution in [3.05, 3.63) is 52.9 Å². The highest BCUT2D eigenvalue weighted by molar-refractivity contribution is 7.91. The SMILES string of the molecule is CCC(CC)C(NS(=O)(=O)c1ccc(CNC(C)=O)s1)c1ccccc1. The lowest BCUT2D eigenvalue weighted by molar-refractivity contribution is -0.119. The minimum atomic E-state index is -3.63. The van der Waals surface area contributed by atoms with Crippen LogP contribution < -0.4 is 10.0 Å². The van der Waals surface area contributed by atoms with E-state index in [4.69, 9.17) is 0 Å². The lowest BCUT2D eigenvalue weighted by atomic mass is 9.90. The normalized spacial score (nSPS) is 12.9. The van der Waals surface area contributed by atoms with E-state index in [0.717, 1.165) is 23.3 Å². The first-order chi connectivity index (χ1) is 12.4. The molecule has 0 radical (unpaired) electrons. The second kappa shape index (κ2) is 9.30. The van der Waals surface area contributed by atoms with Crippen LogP contribution >= 0.6 is 11.3 Å². The molecule has 1 amide bonds. The molecule has 0 saturated heterocycles. The number of thiophene rings is 1. The average Bonchev–Trinajstić information content (AvgIpc) is 3.11. The monoisotopic (exact) mass is 394 g/mol. The molecule has 0 aliphatic heterocycles. The summed E-state index contributed by atoms with van der Waals surface area (Å²) in [6.07, 6.45) is 1.77. The molecule has 2 aromatic rings. The van der Waals surface area contributed by atoms with Crippen LogP contribution in [0.15, 0.2) is 46.7 Å². The summed E-state index contributed by atoms with van der Waals surface area (Å²) in [5.74, 6) is 0.0739. The van der Waals surface area contributed by atoms with Gasteiger partial charge in [-0.15, -0.1) is 11.3 Å². The van der Waals surface area contributed by atoms with Gasteiger partial charge in [0.2, 0.25) is 5.91 Å². The summed E-state index contributed by atoms with van der Waals surface area (Å²) in [6, 6.07) is 12.8. The first-order valence-corrected chi connectivity index (χ1v) is 11.1. The van der Waals surface area contributed by atoms with Gasteiger partial charge < -0.3 is 5.32 Å². The van der Waals surface area contributed by atoms with E-state index in [9.17, 15) is 13.2 Å². The van der Waals surface area contributed by atoms with Gasteiger partial charge >= 0.3 is 0 Å². The molecule has 1 heterocycles. The van der Waals surface area contributed by atoms with E-state index in [1.165, 1.54) is 18.3 Å². The minimum Gasteiger partial charge on any atom is -0.351 e. The van der Waals surface area contributed by atoms with Gasteiger partial charge in [-0.2, -0.15) is 0 Å². The predicted octanol–water partition coefficient (Wildman–Crippen LogP) is 3.84. The molecule has 7 heteroatoms. The molecular formula is C19H26N2O3S2. The highest BCUT2D eigenvalue weighted by Gasteiger charge is 2.27. The highest BCUT2D eigenvalue weighted by atomic mass is 32.2. The summed E-state index contributed by atoms with van der Waals surface area (Å²) in [7, 11) is -3.63. The molecule has 1 aromatic heterocycles. The molecule has 142 valence electrons. The number of carbonyl (C=O) groups excluding carboxylic acids is 1. The summed E-state index contributed by atoms with van der Waals surface area (Å²) in [5, 5.41) is 2.69. The molecule has 1 atom stereocenters. The molecule has 5 nitrogen and oxygen atoms in total. The third-order valence-electron chi connectivity index (χ3n) is 4.37. The molecule has 26 heavy (non-hydrogen) atoms. The van der Waals surface area contributed by atoms with Crippen LogP contribution in [0.25, 0.3) is 0 Å². The third-order valence-corrected chi connectivity index (χ3v) is 7.39. The Balaban J connectivity index is 2.24. The summed E-state index contributed by atoms with van der Waals surface area (Å²) in [6.45, 7) is 5.93. The topological polar surface area (TPSA) is 75.3 Å². The molecule has 0 aliphatic rings. The van der Waals surface area contributed by atoms with Crippen molar-refractivity contribution in [2.45, 2.75) is 50.4 Å².